The molecule has 1 aromatic carbocycles. The van der Waals surface area contributed by atoms with Gasteiger partial charge in [-0.3, -0.25) is 0 Å². The van der Waals surface area contributed by atoms with Crippen LogP contribution in [0, 0.1) is 5.92 Å². The molecule has 0 aliphatic carbocycles. The Morgan fingerprint density at radius 2 is 2.04 bits per heavy atom. The van der Waals surface area contributed by atoms with Crippen molar-refractivity contribution in [3.05, 3.63) is 17.7 Å². The molecule has 1 unspecified atom stereocenters. The van der Waals surface area contributed by atoms with Crippen molar-refractivity contribution in [2.45, 2.75) is 27.0 Å². The maximum absolute atomic E-state index is 12.6. The number of nitrogens with one attached hydrogen (secondary N) is 2. The second kappa shape index (κ2) is 9.26. The number of hydrogen-bond donors (Lipinski definition) is 3. The average Bonchev–Trinajstić information content (AvgIpc) is 3.03. The van der Waals surface area contributed by atoms with Gasteiger partial charge in [0.05, 0.1) is 6.54 Å². The second-order valence-corrected chi connectivity index (χ2v) is 5.56. The van der Waals surface area contributed by atoms with Gasteiger partial charge in [0.15, 0.2) is 17.5 Å². The Labute approximate surface area is 145 Å². The molecule has 140 valence electrons. The van der Waals surface area contributed by atoms with E-state index in [0.717, 1.165) is 0 Å². The zero-order valence-corrected chi connectivity index (χ0v) is 14.2. The summed E-state index contributed by atoms with van der Waals surface area (Å²) in [5.74, 6) is 1.42. The molecular weight excluding hydrogens is 336 g/mol. The minimum atomic E-state index is -2.94. The highest BCUT2D eigenvalue weighted by molar-refractivity contribution is 5.79. The average molecular weight is 359 g/mol. The maximum Gasteiger partial charge on any atom is 0.387 e. The Bertz CT molecular complexity index is 599. The highest BCUT2D eigenvalue weighted by Crippen LogP contribution is 2.38. The fourth-order valence-electron chi connectivity index (χ4n) is 2.14. The van der Waals surface area contributed by atoms with Crippen molar-refractivity contribution in [2.24, 2.45) is 10.9 Å². The maximum atomic E-state index is 12.6. The van der Waals surface area contributed by atoms with Gasteiger partial charge in [0.2, 0.25) is 6.79 Å². The second-order valence-electron chi connectivity index (χ2n) is 5.56. The third-order valence-corrected chi connectivity index (χ3v) is 3.45. The van der Waals surface area contributed by atoms with Crippen LogP contribution in [-0.4, -0.2) is 44.2 Å². The lowest BCUT2D eigenvalue weighted by molar-refractivity contribution is -0.0505. The van der Waals surface area contributed by atoms with Crippen LogP contribution in [0.4, 0.5) is 8.78 Å². The summed E-state index contributed by atoms with van der Waals surface area (Å²) in [6.07, 6.45) is 0. The first-order chi connectivity index (χ1) is 12.0. The number of aliphatic hydroxyl groups excluding tert-OH is 1. The Morgan fingerprint density at radius 1 is 1.32 bits per heavy atom. The fraction of sp³-hybridized carbons (Fsp3) is 0.562. The molecule has 3 N–H and O–H groups in total. The lowest BCUT2D eigenvalue weighted by atomic mass is 10.1. The lowest BCUT2D eigenvalue weighted by Gasteiger charge is -2.15. The molecule has 9 heteroatoms. The lowest BCUT2D eigenvalue weighted by Crippen LogP contribution is -2.39. The molecule has 1 aliphatic rings. The minimum absolute atomic E-state index is 0.00238. The summed E-state index contributed by atoms with van der Waals surface area (Å²) >= 11 is 0. The molecule has 2 rings (SSSR count). The SMILES string of the molecule is CCNC(=NCc1cc2c(cc1OC(F)F)OCO2)NCC(C)CO. The van der Waals surface area contributed by atoms with E-state index in [1.807, 2.05) is 13.8 Å². The molecule has 7 nitrogen and oxygen atoms in total. The molecule has 0 fully saturated rings. The number of nitrogens with zero attached hydrogens (tertiary/aromatic N) is 1. The molecule has 0 radical (unpaired) electrons. The third-order valence-electron chi connectivity index (χ3n) is 3.45. The van der Waals surface area contributed by atoms with Crippen molar-refractivity contribution in [3.8, 4) is 17.2 Å². The number of benzene rings is 1. The van der Waals surface area contributed by atoms with Crippen LogP contribution in [0.1, 0.15) is 19.4 Å². The number of aliphatic imine (C=N–C) groups is 1. The predicted octanol–water partition coefficient (Wildman–Crippen LogP) is 1.70. The minimum Gasteiger partial charge on any atom is -0.454 e. The molecule has 0 saturated heterocycles. The monoisotopic (exact) mass is 359 g/mol. The molecule has 0 aromatic heterocycles. The first kappa shape index (κ1) is 19.0. The Kier molecular flexibility index (Phi) is 7.05. The number of fused-ring (bicyclic) bond motifs is 1. The van der Waals surface area contributed by atoms with Gasteiger partial charge >= 0.3 is 6.61 Å². The predicted molar refractivity (Wildman–Crippen MR) is 88.3 cm³/mol. The van der Waals surface area contributed by atoms with Gasteiger partial charge in [-0.15, -0.1) is 0 Å². The van der Waals surface area contributed by atoms with E-state index in [-0.39, 0.29) is 31.6 Å². The van der Waals surface area contributed by atoms with E-state index in [1.54, 1.807) is 6.07 Å². The molecule has 0 saturated carbocycles. The summed E-state index contributed by atoms with van der Waals surface area (Å²) in [6.45, 7) is 2.24. The normalized spacial score (nSPS) is 14.6. The Hall–Kier alpha value is -2.29. The van der Waals surface area contributed by atoms with Gasteiger partial charge in [-0.2, -0.15) is 8.78 Å². The van der Waals surface area contributed by atoms with Crippen molar-refractivity contribution in [1.82, 2.24) is 10.6 Å². The number of rotatable bonds is 8. The largest absolute Gasteiger partial charge is 0.454 e. The van der Waals surface area contributed by atoms with Crippen LogP contribution in [0.5, 0.6) is 17.2 Å². The highest BCUT2D eigenvalue weighted by atomic mass is 19.3. The zero-order valence-electron chi connectivity index (χ0n) is 14.2. The number of alkyl halides is 2. The first-order valence-corrected chi connectivity index (χ1v) is 8.03. The summed E-state index contributed by atoms with van der Waals surface area (Å²) in [7, 11) is 0. The van der Waals surface area contributed by atoms with Crippen molar-refractivity contribution < 1.29 is 28.1 Å². The molecule has 1 aromatic rings. The summed E-state index contributed by atoms with van der Waals surface area (Å²) in [5, 5.41) is 15.2. The summed E-state index contributed by atoms with van der Waals surface area (Å²) in [4.78, 5) is 4.37. The Balaban J connectivity index is 2.15. The van der Waals surface area contributed by atoms with Gasteiger partial charge in [-0.1, -0.05) is 6.92 Å². The Morgan fingerprint density at radius 3 is 2.68 bits per heavy atom. The van der Waals surface area contributed by atoms with Gasteiger partial charge in [0.25, 0.3) is 0 Å². The zero-order chi connectivity index (χ0) is 18.2. The van der Waals surface area contributed by atoms with Crippen molar-refractivity contribution >= 4 is 5.96 Å². The van der Waals surface area contributed by atoms with Crippen LogP contribution in [0.3, 0.4) is 0 Å². The number of aliphatic hydroxyl groups is 1. The van der Waals surface area contributed by atoms with Crippen LogP contribution in [0.2, 0.25) is 0 Å². The van der Waals surface area contributed by atoms with Gasteiger partial charge in [0.1, 0.15) is 5.75 Å². The molecule has 1 atom stereocenters. The van der Waals surface area contributed by atoms with Crippen LogP contribution in [0.15, 0.2) is 17.1 Å². The van der Waals surface area contributed by atoms with E-state index < -0.39 is 6.61 Å². The third kappa shape index (κ3) is 5.63. The molecular formula is C16H23F2N3O4. The first-order valence-electron chi connectivity index (χ1n) is 8.03. The molecule has 0 bridgehead atoms. The van der Waals surface area contributed by atoms with Crippen molar-refractivity contribution in [1.29, 1.82) is 0 Å². The van der Waals surface area contributed by atoms with Crippen molar-refractivity contribution in [2.75, 3.05) is 26.5 Å². The van der Waals surface area contributed by atoms with Crippen LogP contribution in [0.25, 0.3) is 0 Å². The van der Waals surface area contributed by atoms with E-state index in [0.29, 0.717) is 36.1 Å². The molecule has 25 heavy (non-hydrogen) atoms. The van der Waals surface area contributed by atoms with Crippen molar-refractivity contribution in [3.63, 3.8) is 0 Å². The molecule has 0 spiro atoms. The molecule has 1 aliphatic heterocycles. The number of ether oxygens (including phenoxy) is 3. The quantitative estimate of drug-likeness (QED) is 0.484. The van der Waals surface area contributed by atoms with E-state index in [1.165, 1.54) is 6.07 Å². The molecule has 0 amide bonds. The summed E-state index contributed by atoms with van der Waals surface area (Å²) in [6, 6.07) is 2.97. The molecule has 1 heterocycles. The van der Waals surface area contributed by atoms with Crippen LogP contribution in [-0.2, 0) is 6.54 Å². The van der Waals surface area contributed by atoms with Gasteiger partial charge in [0, 0.05) is 31.3 Å². The number of halogens is 2. The van der Waals surface area contributed by atoms with Crippen LogP contribution >= 0.6 is 0 Å². The summed E-state index contributed by atoms with van der Waals surface area (Å²) in [5.41, 5.74) is 0.456. The standard InChI is InChI=1S/C16H23F2N3O4/c1-3-19-16(20-6-10(2)8-22)21-7-11-4-13-14(24-9-23-13)5-12(11)25-15(17)18/h4-5,10,15,22H,3,6-9H2,1-2H3,(H2,19,20,21). The number of hydrogen-bond acceptors (Lipinski definition) is 5. The van der Waals surface area contributed by atoms with E-state index in [2.05, 4.69) is 20.4 Å². The highest BCUT2D eigenvalue weighted by Gasteiger charge is 2.20. The van der Waals surface area contributed by atoms with E-state index >= 15 is 0 Å². The van der Waals surface area contributed by atoms with E-state index in [4.69, 9.17) is 14.6 Å². The van der Waals surface area contributed by atoms with Gasteiger partial charge < -0.3 is 30.0 Å². The van der Waals surface area contributed by atoms with E-state index in [9.17, 15) is 8.78 Å². The van der Waals surface area contributed by atoms with Crippen LogP contribution < -0.4 is 24.8 Å². The summed E-state index contributed by atoms with van der Waals surface area (Å²) < 4.78 is 40.3. The fourth-order valence-corrected chi connectivity index (χ4v) is 2.14. The van der Waals surface area contributed by atoms with Gasteiger partial charge in [-0.25, -0.2) is 4.99 Å². The number of guanidine groups is 1. The topological polar surface area (TPSA) is 84.3 Å². The smallest absolute Gasteiger partial charge is 0.387 e. The van der Waals surface area contributed by atoms with Gasteiger partial charge in [-0.05, 0) is 18.9 Å².